The lowest BCUT2D eigenvalue weighted by Crippen LogP contribution is -2.31. The highest BCUT2D eigenvalue weighted by Gasteiger charge is 2.24. The predicted octanol–water partition coefficient (Wildman–Crippen LogP) is 5.12. The molecule has 3 aromatic rings. The third-order valence-electron chi connectivity index (χ3n) is 5.09. The van der Waals surface area contributed by atoms with Gasteiger partial charge in [0.25, 0.3) is 5.91 Å². The van der Waals surface area contributed by atoms with Crippen LogP contribution in [0.1, 0.15) is 49.4 Å². The quantitative estimate of drug-likeness (QED) is 0.344. The maximum atomic E-state index is 12.9. The molecule has 0 unspecified atom stereocenters. The molecule has 3 rings (SSSR count). The van der Waals surface area contributed by atoms with Crippen molar-refractivity contribution in [1.29, 1.82) is 0 Å². The van der Waals surface area contributed by atoms with E-state index in [0.29, 0.717) is 46.2 Å². The van der Waals surface area contributed by atoms with Crippen molar-refractivity contribution in [2.75, 3.05) is 17.7 Å². The van der Waals surface area contributed by atoms with Crippen LogP contribution in [0.3, 0.4) is 0 Å². The summed E-state index contributed by atoms with van der Waals surface area (Å²) in [6, 6.07) is 13.8. The molecule has 35 heavy (non-hydrogen) atoms. The van der Waals surface area contributed by atoms with Gasteiger partial charge in [-0.3, -0.25) is 9.59 Å². The van der Waals surface area contributed by atoms with Gasteiger partial charge in [0, 0.05) is 12.7 Å². The van der Waals surface area contributed by atoms with Crippen molar-refractivity contribution in [2.45, 2.75) is 38.4 Å². The smallest absolute Gasteiger partial charge is 0.253 e. The molecule has 1 heterocycles. The largest absolute Gasteiger partial charge is 0.494 e. The van der Waals surface area contributed by atoms with Gasteiger partial charge < -0.3 is 19.9 Å². The van der Waals surface area contributed by atoms with Crippen molar-refractivity contribution in [2.24, 2.45) is 13.0 Å². The summed E-state index contributed by atoms with van der Waals surface area (Å²) >= 11 is 7.48. The van der Waals surface area contributed by atoms with Gasteiger partial charge in [0.05, 0.1) is 29.0 Å². The number of hydrogen-bond donors (Lipinski definition) is 2. The van der Waals surface area contributed by atoms with Crippen LogP contribution in [0.2, 0.25) is 5.02 Å². The van der Waals surface area contributed by atoms with Crippen molar-refractivity contribution in [3.8, 4) is 5.75 Å². The maximum Gasteiger partial charge on any atom is 0.253 e. The van der Waals surface area contributed by atoms with Crippen LogP contribution in [-0.4, -0.2) is 38.9 Å². The molecule has 1 atom stereocenters. The van der Waals surface area contributed by atoms with E-state index in [-0.39, 0.29) is 23.6 Å². The zero-order valence-corrected chi connectivity index (χ0v) is 21.8. The highest BCUT2D eigenvalue weighted by atomic mass is 35.5. The summed E-state index contributed by atoms with van der Waals surface area (Å²) in [5.74, 6) is 1.42. The van der Waals surface area contributed by atoms with Gasteiger partial charge in [-0.2, -0.15) is 0 Å². The lowest BCUT2D eigenvalue weighted by atomic mass is 10.0. The number of nitrogens with zero attached hydrogens (tertiary/aromatic N) is 3. The molecule has 2 aromatic carbocycles. The SMILES string of the molecule is CCOc1ccc(NC(=O)CSc2nnc([C@@H](CC(C)C)NC(=O)c3ccccc3Cl)n2C)cc1. The van der Waals surface area contributed by atoms with Crippen LogP contribution in [0.5, 0.6) is 5.75 Å². The molecule has 2 N–H and O–H groups in total. The molecule has 0 aliphatic rings. The summed E-state index contributed by atoms with van der Waals surface area (Å²) in [4.78, 5) is 25.3. The zero-order valence-electron chi connectivity index (χ0n) is 20.2. The summed E-state index contributed by atoms with van der Waals surface area (Å²) < 4.78 is 7.23. The summed E-state index contributed by atoms with van der Waals surface area (Å²) in [6.45, 7) is 6.66. The number of rotatable bonds is 11. The Morgan fingerprint density at radius 2 is 1.83 bits per heavy atom. The van der Waals surface area contributed by atoms with E-state index in [2.05, 4.69) is 34.7 Å². The Balaban J connectivity index is 1.65. The highest BCUT2D eigenvalue weighted by Crippen LogP contribution is 2.25. The first-order valence-corrected chi connectivity index (χ1v) is 12.7. The first-order chi connectivity index (χ1) is 16.8. The maximum absolute atomic E-state index is 12.9. The average Bonchev–Trinajstić information content (AvgIpc) is 3.19. The lowest BCUT2D eigenvalue weighted by molar-refractivity contribution is -0.113. The molecule has 0 saturated carbocycles. The number of amides is 2. The Morgan fingerprint density at radius 3 is 2.49 bits per heavy atom. The van der Waals surface area contributed by atoms with Gasteiger partial charge in [0.2, 0.25) is 5.91 Å². The van der Waals surface area contributed by atoms with Gasteiger partial charge in [0.1, 0.15) is 5.75 Å². The van der Waals surface area contributed by atoms with Gasteiger partial charge >= 0.3 is 0 Å². The van der Waals surface area contributed by atoms with E-state index < -0.39 is 0 Å². The molecule has 0 aliphatic carbocycles. The molecule has 0 spiro atoms. The molecule has 2 amide bonds. The minimum absolute atomic E-state index is 0.158. The fourth-order valence-electron chi connectivity index (χ4n) is 3.47. The standard InChI is InChI=1S/C25H30ClN5O3S/c1-5-34-18-12-10-17(11-13-18)27-22(32)15-35-25-30-29-23(31(25)4)21(14-16(2)3)28-24(33)19-8-6-7-9-20(19)26/h6-13,16,21H,5,14-15H2,1-4H3,(H,27,32)(H,28,33)/t21-/m1/s1. The van der Waals surface area contributed by atoms with Crippen LogP contribution in [-0.2, 0) is 11.8 Å². The summed E-state index contributed by atoms with van der Waals surface area (Å²) in [7, 11) is 1.83. The highest BCUT2D eigenvalue weighted by molar-refractivity contribution is 7.99. The molecule has 0 saturated heterocycles. The number of carbonyl (C=O) groups is 2. The molecule has 186 valence electrons. The molecule has 10 heteroatoms. The van der Waals surface area contributed by atoms with Crippen LogP contribution in [0.25, 0.3) is 0 Å². The molecule has 1 aromatic heterocycles. The Kier molecular flexibility index (Phi) is 9.56. The summed E-state index contributed by atoms with van der Waals surface area (Å²) in [5, 5.41) is 15.5. The minimum atomic E-state index is -0.358. The van der Waals surface area contributed by atoms with Crippen LogP contribution in [0.15, 0.2) is 53.7 Å². The number of anilines is 1. The van der Waals surface area contributed by atoms with Crippen LogP contribution in [0, 0.1) is 5.92 Å². The van der Waals surface area contributed by atoms with E-state index in [1.54, 1.807) is 36.4 Å². The molecule has 0 radical (unpaired) electrons. The van der Waals surface area contributed by atoms with Gasteiger partial charge in [-0.15, -0.1) is 10.2 Å². The first-order valence-electron chi connectivity index (χ1n) is 11.4. The molecular formula is C25H30ClN5O3S. The normalized spacial score (nSPS) is 11.8. The van der Waals surface area contributed by atoms with Crippen LogP contribution < -0.4 is 15.4 Å². The second-order valence-corrected chi connectivity index (χ2v) is 9.68. The van der Waals surface area contributed by atoms with Gasteiger partial charge in [-0.05, 0) is 55.7 Å². The number of thioether (sulfide) groups is 1. The van der Waals surface area contributed by atoms with E-state index >= 15 is 0 Å². The number of aromatic nitrogens is 3. The van der Waals surface area contributed by atoms with Crippen LogP contribution in [0.4, 0.5) is 5.69 Å². The molecule has 0 aliphatic heterocycles. The third-order valence-corrected chi connectivity index (χ3v) is 6.44. The number of halogens is 1. The van der Waals surface area contributed by atoms with E-state index in [9.17, 15) is 9.59 Å². The van der Waals surface area contributed by atoms with Crippen molar-refractivity contribution < 1.29 is 14.3 Å². The van der Waals surface area contributed by atoms with Gasteiger partial charge in [0.15, 0.2) is 11.0 Å². The summed E-state index contributed by atoms with van der Waals surface area (Å²) in [5.41, 5.74) is 1.10. The van der Waals surface area contributed by atoms with Crippen molar-refractivity contribution in [1.82, 2.24) is 20.1 Å². The third kappa shape index (κ3) is 7.47. The molecule has 0 bridgehead atoms. The lowest BCUT2D eigenvalue weighted by Gasteiger charge is -2.20. The minimum Gasteiger partial charge on any atom is -0.494 e. The van der Waals surface area contributed by atoms with E-state index in [4.69, 9.17) is 16.3 Å². The zero-order chi connectivity index (χ0) is 25.4. The topological polar surface area (TPSA) is 98.1 Å². The number of nitrogens with one attached hydrogen (secondary N) is 2. The monoisotopic (exact) mass is 515 g/mol. The summed E-state index contributed by atoms with van der Waals surface area (Å²) in [6.07, 6.45) is 0.672. The van der Waals surface area contributed by atoms with Gasteiger partial charge in [-0.1, -0.05) is 49.3 Å². The number of benzene rings is 2. The van der Waals surface area contributed by atoms with E-state index in [1.807, 2.05) is 30.7 Å². The fraction of sp³-hybridized carbons (Fsp3) is 0.360. The Morgan fingerprint density at radius 1 is 1.11 bits per heavy atom. The Bertz CT molecular complexity index is 1150. The molecule has 0 fully saturated rings. The predicted molar refractivity (Wildman–Crippen MR) is 139 cm³/mol. The van der Waals surface area contributed by atoms with Crippen molar-refractivity contribution in [3.05, 3.63) is 64.9 Å². The second kappa shape index (κ2) is 12.6. The van der Waals surface area contributed by atoms with E-state index in [1.165, 1.54) is 11.8 Å². The Labute approximate surface area is 214 Å². The number of ether oxygens (including phenoxy) is 1. The molecular weight excluding hydrogens is 486 g/mol. The van der Waals surface area contributed by atoms with Crippen LogP contribution >= 0.6 is 23.4 Å². The fourth-order valence-corrected chi connectivity index (χ4v) is 4.40. The van der Waals surface area contributed by atoms with E-state index in [0.717, 1.165) is 5.75 Å². The Hall–Kier alpha value is -3.04. The first kappa shape index (κ1) is 26.6. The van der Waals surface area contributed by atoms with Crippen molar-refractivity contribution >= 4 is 40.9 Å². The number of hydrogen-bond acceptors (Lipinski definition) is 6. The van der Waals surface area contributed by atoms with Crippen molar-refractivity contribution in [3.63, 3.8) is 0 Å². The average molecular weight is 516 g/mol. The van der Waals surface area contributed by atoms with Gasteiger partial charge in [-0.25, -0.2) is 0 Å². The number of carbonyl (C=O) groups excluding carboxylic acids is 2. The molecule has 8 nitrogen and oxygen atoms in total. The second-order valence-electron chi connectivity index (χ2n) is 8.33.